The molecule has 51 heavy (non-hydrogen) atoms. The van der Waals surface area contributed by atoms with Crippen LogP contribution in [0.25, 0.3) is 33.4 Å². The lowest BCUT2D eigenvalue weighted by Gasteiger charge is -2.33. The molecule has 1 heteroatoms. The van der Waals surface area contributed by atoms with Crippen molar-refractivity contribution >= 4 is 17.1 Å². The minimum atomic E-state index is -0.161. The van der Waals surface area contributed by atoms with E-state index in [1.54, 1.807) is 0 Å². The van der Waals surface area contributed by atoms with Gasteiger partial charge in [0, 0.05) is 27.8 Å². The molecule has 0 bridgehead atoms. The Labute approximate surface area is 306 Å². The summed E-state index contributed by atoms with van der Waals surface area (Å²) in [5.74, 6) is 0. The van der Waals surface area contributed by atoms with Crippen molar-refractivity contribution in [3.05, 3.63) is 161 Å². The number of para-hydroxylation sites is 1. The summed E-state index contributed by atoms with van der Waals surface area (Å²) in [6.45, 7) is 23.7. The summed E-state index contributed by atoms with van der Waals surface area (Å²) in [6.07, 6.45) is 0. The van der Waals surface area contributed by atoms with E-state index in [1.807, 2.05) is 0 Å². The SMILES string of the molecule is CC(C)(C)c1cc2c(c(C(C)(C)C)c1)C(C)(C)c1cc(N(c3ccc4c(c3)C(C)(C)c3ccccc3-4)c3ccccc3-c3ccccc3)ccc1-2. The lowest BCUT2D eigenvalue weighted by Crippen LogP contribution is -2.25. The van der Waals surface area contributed by atoms with Crippen molar-refractivity contribution < 1.29 is 0 Å². The van der Waals surface area contributed by atoms with Crippen LogP contribution in [0.3, 0.4) is 0 Å². The van der Waals surface area contributed by atoms with Crippen molar-refractivity contribution in [2.45, 2.75) is 90.9 Å². The van der Waals surface area contributed by atoms with E-state index < -0.39 is 0 Å². The van der Waals surface area contributed by atoms with Gasteiger partial charge >= 0.3 is 0 Å². The largest absolute Gasteiger partial charge is 0.310 e. The van der Waals surface area contributed by atoms with Gasteiger partial charge in [-0.1, -0.05) is 166 Å². The highest BCUT2D eigenvalue weighted by atomic mass is 15.1. The second-order valence-electron chi connectivity index (χ2n) is 17.9. The van der Waals surface area contributed by atoms with Gasteiger partial charge in [-0.2, -0.15) is 0 Å². The first kappa shape index (κ1) is 33.3. The van der Waals surface area contributed by atoms with Crippen LogP contribution >= 0.6 is 0 Å². The first-order valence-electron chi connectivity index (χ1n) is 18.6. The average molecular weight is 666 g/mol. The van der Waals surface area contributed by atoms with Gasteiger partial charge < -0.3 is 4.90 Å². The summed E-state index contributed by atoms with van der Waals surface area (Å²) < 4.78 is 0. The molecule has 1 nitrogen and oxygen atoms in total. The number of hydrogen-bond acceptors (Lipinski definition) is 1. The summed E-state index contributed by atoms with van der Waals surface area (Å²) >= 11 is 0. The zero-order valence-electron chi connectivity index (χ0n) is 32.1. The molecule has 6 aromatic rings. The molecule has 256 valence electrons. The van der Waals surface area contributed by atoms with E-state index in [0.29, 0.717) is 0 Å². The molecule has 6 aromatic carbocycles. The first-order valence-corrected chi connectivity index (χ1v) is 18.6. The summed E-state index contributed by atoms with van der Waals surface area (Å²) in [5, 5.41) is 0. The van der Waals surface area contributed by atoms with Crippen LogP contribution in [0.15, 0.2) is 127 Å². The first-order chi connectivity index (χ1) is 24.1. The second-order valence-corrected chi connectivity index (χ2v) is 17.9. The highest BCUT2D eigenvalue weighted by Gasteiger charge is 2.41. The van der Waals surface area contributed by atoms with Crippen molar-refractivity contribution in [1.29, 1.82) is 0 Å². The average Bonchev–Trinajstić information content (AvgIpc) is 3.47. The van der Waals surface area contributed by atoms with Crippen molar-refractivity contribution in [2.24, 2.45) is 0 Å². The Morgan fingerprint density at radius 2 is 0.961 bits per heavy atom. The fourth-order valence-electron chi connectivity index (χ4n) is 8.90. The molecule has 0 saturated heterocycles. The predicted octanol–water partition coefficient (Wildman–Crippen LogP) is 14.0. The molecule has 0 aromatic heterocycles. The fourth-order valence-corrected chi connectivity index (χ4v) is 8.90. The van der Waals surface area contributed by atoms with Crippen LogP contribution < -0.4 is 4.90 Å². The molecule has 0 atom stereocenters. The Morgan fingerprint density at radius 3 is 1.59 bits per heavy atom. The fraction of sp³-hybridized carbons (Fsp3) is 0.280. The van der Waals surface area contributed by atoms with Crippen molar-refractivity contribution in [3.8, 4) is 33.4 Å². The summed E-state index contributed by atoms with van der Waals surface area (Å²) in [5.41, 5.74) is 19.7. The third-order valence-electron chi connectivity index (χ3n) is 11.7. The van der Waals surface area contributed by atoms with Crippen molar-refractivity contribution in [3.63, 3.8) is 0 Å². The lowest BCUT2D eigenvalue weighted by molar-refractivity contribution is 0.545. The number of benzene rings is 6. The number of nitrogens with zero attached hydrogens (tertiary/aromatic N) is 1. The van der Waals surface area contributed by atoms with Crippen LogP contribution in [0.5, 0.6) is 0 Å². The molecule has 0 unspecified atom stereocenters. The molecule has 0 radical (unpaired) electrons. The van der Waals surface area contributed by atoms with Gasteiger partial charge in [0.15, 0.2) is 0 Å². The van der Waals surface area contributed by atoms with E-state index in [-0.39, 0.29) is 21.7 Å². The monoisotopic (exact) mass is 665 g/mol. The van der Waals surface area contributed by atoms with Gasteiger partial charge in [-0.15, -0.1) is 0 Å². The predicted molar refractivity (Wildman–Crippen MR) is 219 cm³/mol. The lowest BCUT2D eigenvalue weighted by atomic mass is 9.71. The van der Waals surface area contributed by atoms with E-state index in [4.69, 9.17) is 0 Å². The van der Waals surface area contributed by atoms with E-state index in [1.165, 1.54) is 83.8 Å². The van der Waals surface area contributed by atoms with Crippen LogP contribution in [0, 0.1) is 0 Å². The molecule has 0 heterocycles. The number of anilines is 3. The molecule has 0 saturated carbocycles. The Kier molecular flexibility index (Phi) is 7.38. The summed E-state index contributed by atoms with van der Waals surface area (Å²) in [6, 6.07) is 48.0. The molecule has 8 rings (SSSR count). The second kappa shape index (κ2) is 11.3. The van der Waals surface area contributed by atoms with Crippen LogP contribution in [0.4, 0.5) is 17.1 Å². The minimum absolute atomic E-state index is 0.0168. The molecular weight excluding hydrogens is 615 g/mol. The molecule has 0 fully saturated rings. The molecule has 0 N–H and O–H groups in total. The van der Waals surface area contributed by atoms with Crippen LogP contribution in [-0.4, -0.2) is 0 Å². The van der Waals surface area contributed by atoms with Crippen LogP contribution in [0.2, 0.25) is 0 Å². The zero-order valence-corrected chi connectivity index (χ0v) is 32.1. The smallest absolute Gasteiger partial charge is 0.0540 e. The van der Waals surface area contributed by atoms with E-state index in [2.05, 4.69) is 202 Å². The van der Waals surface area contributed by atoms with Gasteiger partial charge in [-0.25, -0.2) is 0 Å². The van der Waals surface area contributed by atoms with E-state index in [0.717, 1.165) is 0 Å². The number of fused-ring (bicyclic) bond motifs is 6. The minimum Gasteiger partial charge on any atom is -0.310 e. The summed E-state index contributed by atoms with van der Waals surface area (Å²) in [7, 11) is 0. The van der Waals surface area contributed by atoms with Gasteiger partial charge in [0.25, 0.3) is 0 Å². The third-order valence-corrected chi connectivity index (χ3v) is 11.7. The summed E-state index contributed by atoms with van der Waals surface area (Å²) in [4.78, 5) is 2.51. The van der Waals surface area contributed by atoms with Crippen LogP contribution in [0.1, 0.15) is 103 Å². The quantitative estimate of drug-likeness (QED) is 0.181. The zero-order chi connectivity index (χ0) is 36.1. The molecule has 0 amide bonds. The topological polar surface area (TPSA) is 3.24 Å². The van der Waals surface area contributed by atoms with Gasteiger partial charge in [0.2, 0.25) is 0 Å². The molecule has 0 spiro atoms. The van der Waals surface area contributed by atoms with Gasteiger partial charge in [-0.3, -0.25) is 0 Å². The molecule has 2 aliphatic rings. The highest BCUT2D eigenvalue weighted by Crippen LogP contribution is 2.56. The Balaban J connectivity index is 1.37. The van der Waals surface area contributed by atoms with Crippen LogP contribution in [-0.2, 0) is 21.7 Å². The molecule has 2 aliphatic carbocycles. The Morgan fingerprint density at radius 1 is 0.431 bits per heavy atom. The van der Waals surface area contributed by atoms with Crippen molar-refractivity contribution in [1.82, 2.24) is 0 Å². The Bertz CT molecular complexity index is 2320. The maximum atomic E-state index is 2.51. The highest BCUT2D eigenvalue weighted by molar-refractivity contribution is 5.92. The van der Waals surface area contributed by atoms with Gasteiger partial charge in [0.05, 0.1) is 5.69 Å². The standard InChI is InChI=1S/C50H51N/c1-47(2,3)33-28-40-39-27-25-35(31-43(39)50(9,10)46(40)44(29-33)48(4,5)6)51(45-23-17-15-20-36(45)32-18-12-11-13-19-32)34-24-26-38-37-21-14-16-22-41(37)49(7,8)42(38)30-34/h11-31H,1-10H3. The van der Waals surface area contributed by atoms with Crippen molar-refractivity contribution in [2.75, 3.05) is 4.90 Å². The number of hydrogen-bond donors (Lipinski definition) is 0. The molecule has 0 aliphatic heterocycles. The maximum absolute atomic E-state index is 2.51. The number of rotatable bonds is 4. The van der Waals surface area contributed by atoms with E-state index >= 15 is 0 Å². The van der Waals surface area contributed by atoms with Gasteiger partial charge in [-0.05, 0) is 102 Å². The van der Waals surface area contributed by atoms with Gasteiger partial charge in [0.1, 0.15) is 0 Å². The normalized spacial score (nSPS) is 15.2. The Hall–Kier alpha value is -4.88. The van der Waals surface area contributed by atoms with E-state index in [9.17, 15) is 0 Å². The third kappa shape index (κ3) is 5.19. The maximum Gasteiger partial charge on any atom is 0.0540 e. The molecular formula is C50H51N.